The standard InChI is InChI=1S/C20H28N2/c1-14(2)21(7)13-16(4)20-12-17(5)22(18(20)6)19-10-8-15(3)9-11-19/h8-12,14H,4,13H2,1-3,5-7H3. The molecule has 1 aromatic heterocycles. The Morgan fingerprint density at radius 3 is 2.27 bits per heavy atom. The van der Waals surface area contributed by atoms with Crippen molar-refractivity contribution in [2.45, 2.75) is 40.7 Å². The predicted molar refractivity (Wildman–Crippen MR) is 96.8 cm³/mol. The molecule has 0 aliphatic carbocycles. The van der Waals surface area contributed by atoms with Crippen LogP contribution in [0.2, 0.25) is 0 Å². The minimum absolute atomic E-state index is 0.525. The molecule has 2 rings (SSSR count). The van der Waals surface area contributed by atoms with Crippen LogP contribution in [0.15, 0.2) is 36.9 Å². The minimum atomic E-state index is 0.525. The summed E-state index contributed by atoms with van der Waals surface area (Å²) in [6.45, 7) is 16.1. The van der Waals surface area contributed by atoms with Gasteiger partial charge in [0.1, 0.15) is 0 Å². The summed E-state index contributed by atoms with van der Waals surface area (Å²) in [6, 6.07) is 11.5. The van der Waals surface area contributed by atoms with Gasteiger partial charge < -0.3 is 4.57 Å². The van der Waals surface area contributed by atoms with Crippen LogP contribution in [0.1, 0.15) is 36.4 Å². The van der Waals surface area contributed by atoms with Crippen molar-refractivity contribution in [3.8, 4) is 5.69 Å². The number of benzene rings is 1. The molecular weight excluding hydrogens is 268 g/mol. The Balaban J connectivity index is 2.35. The van der Waals surface area contributed by atoms with Gasteiger partial charge in [0.15, 0.2) is 0 Å². The molecule has 0 unspecified atom stereocenters. The fourth-order valence-corrected chi connectivity index (χ4v) is 2.78. The molecule has 2 aromatic rings. The van der Waals surface area contributed by atoms with Crippen LogP contribution in [0.5, 0.6) is 0 Å². The van der Waals surface area contributed by atoms with Crippen molar-refractivity contribution in [1.82, 2.24) is 9.47 Å². The summed E-state index contributed by atoms with van der Waals surface area (Å²) >= 11 is 0. The molecule has 0 radical (unpaired) electrons. The summed E-state index contributed by atoms with van der Waals surface area (Å²) < 4.78 is 2.31. The van der Waals surface area contributed by atoms with E-state index in [2.05, 4.69) is 88.0 Å². The van der Waals surface area contributed by atoms with Crippen molar-refractivity contribution in [1.29, 1.82) is 0 Å². The van der Waals surface area contributed by atoms with Crippen LogP contribution in [0.3, 0.4) is 0 Å². The zero-order valence-corrected chi connectivity index (χ0v) is 14.8. The van der Waals surface area contributed by atoms with Crippen LogP contribution < -0.4 is 0 Å². The fourth-order valence-electron chi connectivity index (χ4n) is 2.78. The molecule has 1 heterocycles. The highest BCUT2D eigenvalue weighted by molar-refractivity contribution is 5.68. The van der Waals surface area contributed by atoms with Gasteiger partial charge in [-0.15, -0.1) is 0 Å². The summed E-state index contributed by atoms with van der Waals surface area (Å²) in [5.74, 6) is 0. The number of rotatable bonds is 5. The van der Waals surface area contributed by atoms with Gasteiger partial charge in [0, 0.05) is 29.7 Å². The molecular formula is C20H28N2. The number of aryl methyl sites for hydroxylation is 2. The van der Waals surface area contributed by atoms with E-state index >= 15 is 0 Å². The molecule has 0 saturated heterocycles. The lowest BCUT2D eigenvalue weighted by atomic mass is 10.1. The predicted octanol–water partition coefficient (Wildman–Crippen LogP) is 4.76. The Kier molecular flexibility index (Phi) is 4.92. The Bertz CT molecular complexity index is 660. The van der Waals surface area contributed by atoms with Crippen molar-refractivity contribution in [2.24, 2.45) is 0 Å². The molecule has 0 aliphatic heterocycles. The Morgan fingerprint density at radius 2 is 1.73 bits per heavy atom. The van der Waals surface area contributed by atoms with Crippen LogP contribution in [0, 0.1) is 20.8 Å². The molecule has 0 amide bonds. The van der Waals surface area contributed by atoms with Gasteiger partial charge in [-0.25, -0.2) is 0 Å². The summed E-state index contributed by atoms with van der Waals surface area (Å²) in [6.07, 6.45) is 0. The third-order valence-corrected chi connectivity index (χ3v) is 4.43. The van der Waals surface area contributed by atoms with Crippen LogP contribution >= 0.6 is 0 Å². The first kappa shape index (κ1) is 16.6. The van der Waals surface area contributed by atoms with Gasteiger partial charge in [-0.2, -0.15) is 0 Å². The first-order chi connectivity index (χ1) is 10.3. The van der Waals surface area contributed by atoms with Crippen molar-refractivity contribution in [3.63, 3.8) is 0 Å². The number of hydrogen-bond donors (Lipinski definition) is 0. The van der Waals surface area contributed by atoms with Crippen molar-refractivity contribution >= 4 is 5.57 Å². The maximum absolute atomic E-state index is 4.32. The number of nitrogens with zero attached hydrogens (tertiary/aromatic N) is 2. The lowest BCUT2D eigenvalue weighted by molar-refractivity contribution is 0.307. The maximum atomic E-state index is 4.32. The third kappa shape index (κ3) is 3.33. The van der Waals surface area contributed by atoms with E-state index in [0.29, 0.717) is 6.04 Å². The normalized spacial score (nSPS) is 11.5. The quantitative estimate of drug-likeness (QED) is 0.772. The number of likely N-dealkylation sites (N-methyl/N-ethyl adjacent to an activating group) is 1. The van der Waals surface area contributed by atoms with E-state index in [4.69, 9.17) is 0 Å². The minimum Gasteiger partial charge on any atom is -0.318 e. The SMILES string of the molecule is C=C(CN(C)C(C)C)c1cc(C)n(-c2ccc(C)cc2)c1C. The smallest absolute Gasteiger partial charge is 0.0455 e. The molecule has 0 bridgehead atoms. The molecule has 0 N–H and O–H groups in total. The molecule has 0 fully saturated rings. The third-order valence-electron chi connectivity index (χ3n) is 4.43. The van der Waals surface area contributed by atoms with Crippen LogP contribution in [0.25, 0.3) is 11.3 Å². The van der Waals surface area contributed by atoms with Gasteiger partial charge in [-0.3, -0.25) is 4.90 Å². The van der Waals surface area contributed by atoms with Gasteiger partial charge in [-0.1, -0.05) is 24.3 Å². The highest BCUT2D eigenvalue weighted by atomic mass is 15.1. The number of aromatic nitrogens is 1. The first-order valence-corrected chi connectivity index (χ1v) is 7.95. The lowest BCUT2D eigenvalue weighted by Crippen LogP contribution is -2.27. The van der Waals surface area contributed by atoms with Gasteiger partial charge in [0.2, 0.25) is 0 Å². The lowest BCUT2D eigenvalue weighted by Gasteiger charge is -2.22. The molecule has 0 atom stereocenters. The summed E-state index contributed by atoms with van der Waals surface area (Å²) in [5, 5.41) is 0. The fraction of sp³-hybridized carbons (Fsp3) is 0.400. The zero-order chi connectivity index (χ0) is 16.4. The highest BCUT2D eigenvalue weighted by Gasteiger charge is 2.14. The van der Waals surface area contributed by atoms with Gasteiger partial charge in [0.25, 0.3) is 0 Å². The Labute approximate surface area is 135 Å². The average Bonchev–Trinajstić information content (AvgIpc) is 2.75. The molecule has 0 spiro atoms. The second kappa shape index (κ2) is 6.53. The Hall–Kier alpha value is -1.80. The van der Waals surface area contributed by atoms with E-state index < -0.39 is 0 Å². The van der Waals surface area contributed by atoms with Crippen LogP contribution in [-0.2, 0) is 0 Å². The van der Waals surface area contributed by atoms with Gasteiger partial charge in [-0.05, 0) is 71.0 Å². The molecule has 2 nitrogen and oxygen atoms in total. The summed E-state index contributed by atoms with van der Waals surface area (Å²) in [4.78, 5) is 2.32. The van der Waals surface area contributed by atoms with E-state index in [-0.39, 0.29) is 0 Å². The van der Waals surface area contributed by atoms with E-state index in [9.17, 15) is 0 Å². The number of hydrogen-bond acceptors (Lipinski definition) is 1. The second-order valence-electron chi connectivity index (χ2n) is 6.57. The molecule has 2 heteroatoms. The molecule has 0 aliphatic rings. The van der Waals surface area contributed by atoms with E-state index in [0.717, 1.165) is 6.54 Å². The van der Waals surface area contributed by atoms with Crippen molar-refractivity contribution in [3.05, 3.63) is 59.4 Å². The maximum Gasteiger partial charge on any atom is 0.0455 e. The van der Waals surface area contributed by atoms with Crippen LogP contribution in [0.4, 0.5) is 0 Å². The van der Waals surface area contributed by atoms with E-state index in [1.807, 2.05) is 0 Å². The molecule has 22 heavy (non-hydrogen) atoms. The highest BCUT2D eigenvalue weighted by Crippen LogP contribution is 2.26. The van der Waals surface area contributed by atoms with Crippen molar-refractivity contribution in [2.75, 3.05) is 13.6 Å². The second-order valence-corrected chi connectivity index (χ2v) is 6.57. The van der Waals surface area contributed by atoms with Gasteiger partial charge >= 0.3 is 0 Å². The topological polar surface area (TPSA) is 8.17 Å². The first-order valence-electron chi connectivity index (χ1n) is 7.95. The average molecular weight is 296 g/mol. The zero-order valence-electron chi connectivity index (χ0n) is 14.8. The molecule has 0 saturated carbocycles. The summed E-state index contributed by atoms with van der Waals surface area (Å²) in [7, 11) is 2.15. The largest absolute Gasteiger partial charge is 0.318 e. The Morgan fingerprint density at radius 1 is 1.14 bits per heavy atom. The van der Waals surface area contributed by atoms with Crippen molar-refractivity contribution < 1.29 is 0 Å². The molecule has 118 valence electrons. The van der Waals surface area contributed by atoms with Crippen LogP contribution in [-0.4, -0.2) is 29.1 Å². The van der Waals surface area contributed by atoms with Gasteiger partial charge in [0.05, 0.1) is 0 Å². The van der Waals surface area contributed by atoms with E-state index in [1.165, 1.54) is 33.8 Å². The molecule has 1 aromatic carbocycles. The van der Waals surface area contributed by atoms with E-state index in [1.54, 1.807) is 0 Å². The summed E-state index contributed by atoms with van der Waals surface area (Å²) in [5.41, 5.74) is 7.48. The monoisotopic (exact) mass is 296 g/mol.